The third kappa shape index (κ3) is 4.93. The molecule has 0 aromatic heterocycles. The van der Waals surface area contributed by atoms with Crippen LogP contribution in [0.25, 0.3) is 0 Å². The van der Waals surface area contributed by atoms with Crippen LogP contribution in [0.3, 0.4) is 0 Å². The Morgan fingerprint density at radius 1 is 1.44 bits per heavy atom. The van der Waals surface area contributed by atoms with Crippen molar-refractivity contribution in [3.63, 3.8) is 0 Å². The second-order valence-corrected chi connectivity index (χ2v) is 3.84. The second-order valence-electron chi connectivity index (χ2n) is 3.84. The summed E-state index contributed by atoms with van der Waals surface area (Å²) in [5.41, 5.74) is -0.863. The van der Waals surface area contributed by atoms with Crippen LogP contribution in [0.2, 0.25) is 0 Å². The Morgan fingerprint density at radius 3 is 2.38 bits per heavy atom. The molecule has 0 aromatic rings. The lowest BCUT2D eigenvalue weighted by molar-refractivity contribution is -0.156. The van der Waals surface area contributed by atoms with Crippen LogP contribution in [0.4, 0.5) is 0 Å². The van der Waals surface area contributed by atoms with Crippen molar-refractivity contribution in [2.45, 2.75) is 38.7 Å². The van der Waals surface area contributed by atoms with E-state index in [4.69, 9.17) is 14.9 Å². The first-order valence-electron chi connectivity index (χ1n) is 5.08. The van der Waals surface area contributed by atoms with Gasteiger partial charge in [0, 0.05) is 18.6 Å². The molecule has 0 bridgehead atoms. The molecule has 0 radical (unpaired) electrons. The Kier molecular flexibility index (Phi) is 5.74. The lowest BCUT2D eigenvalue weighted by atomic mass is 9.99. The summed E-state index contributed by atoms with van der Waals surface area (Å²) in [6.45, 7) is 6.77. The fourth-order valence-corrected chi connectivity index (χ4v) is 1.09. The first kappa shape index (κ1) is 14.6. The van der Waals surface area contributed by atoms with Crippen LogP contribution in [-0.4, -0.2) is 34.4 Å². The van der Waals surface area contributed by atoms with Crippen molar-refractivity contribution in [1.82, 2.24) is 0 Å². The summed E-state index contributed by atoms with van der Waals surface area (Å²) < 4.78 is 5.13. The smallest absolute Gasteiger partial charge is 0.334 e. The summed E-state index contributed by atoms with van der Waals surface area (Å²) >= 11 is 0. The number of hydrogen-bond donors (Lipinski definition) is 2. The van der Waals surface area contributed by atoms with Gasteiger partial charge >= 0.3 is 11.9 Å². The quantitative estimate of drug-likeness (QED) is 0.505. The normalized spacial score (nSPS) is 13.9. The molecule has 0 rings (SSSR count). The van der Waals surface area contributed by atoms with E-state index in [2.05, 4.69) is 6.58 Å². The minimum atomic E-state index is -1.12. The van der Waals surface area contributed by atoms with Gasteiger partial charge in [-0.05, 0) is 13.3 Å². The number of aliphatic carboxylic acids is 1. The van der Waals surface area contributed by atoms with Gasteiger partial charge in [-0.1, -0.05) is 13.5 Å². The zero-order valence-electron chi connectivity index (χ0n) is 9.65. The van der Waals surface area contributed by atoms with Crippen molar-refractivity contribution in [3.05, 3.63) is 12.2 Å². The molecule has 5 nitrogen and oxygen atoms in total. The molecule has 0 saturated carbocycles. The zero-order chi connectivity index (χ0) is 12.8. The molecular formula is C11H18O5. The van der Waals surface area contributed by atoms with Gasteiger partial charge in [-0.2, -0.15) is 0 Å². The third-order valence-electron chi connectivity index (χ3n) is 2.38. The maximum absolute atomic E-state index is 11.5. The second kappa shape index (κ2) is 6.27. The average molecular weight is 230 g/mol. The van der Waals surface area contributed by atoms with Gasteiger partial charge in [0.15, 0.2) is 0 Å². The number of carboxylic acids is 1. The minimum absolute atomic E-state index is 0.0925. The van der Waals surface area contributed by atoms with Crippen molar-refractivity contribution in [3.8, 4) is 0 Å². The molecule has 0 heterocycles. The third-order valence-corrected chi connectivity index (χ3v) is 2.38. The van der Waals surface area contributed by atoms with Crippen LogP contribution in [0.5, 0.6) is 0 Å². The fourth-order valence-electron chi connectivity index (χ4n) is 1.09. The molecule has 1 atom stereocenters. The maximum atomic E-state index is 11.5. The molecule has 0 aliphatic carbocycles. The first-order chi connectivity index (χ1) is 7.34. The van der Waals surface area contributed by atoms with E-state index in [1.54, 1.807) is 6.92 Å². The summed E-state index contributed by atoms with van der Waals surface area (Å²) in [5.74, 6) is -1.84. The average Bonchev–Trinajstić information content (AvgIpc) is 2.17. The minimum Gasteiger partial charge on any atom is -0.481 e. The molecule has 5 heteroatoms. The number of carbonyl (C=O) groups excluding carboxylic acids is 1. The van der Waals surface area contributed by atoms with Crippen LogP contribution >= 0.6 is 0 Å². The molecule has 0 fully saturated rings. The summed E-state index contributed by atoms with van der Waals surface area (Å²) in [4.78, 5) is 21.8. The highest BCUT2D eigenvalue weighted by atomic mass is 16.6. The van der Waals surface area contributed by atoms with Crippen molar-refractivity contribution in [1.29, 1.82) is 0 Å². The van der Waals surface area contributed by atoms with Gasteiger partial charge in [-0.3, -0.25) is 4.79 Å². The molecule has 0 aliphatic rings. The summed E-state index contributed by atoms with van der Waals surface area (Å²) in [6.07, 6.45) is 0.424. The van der Waals surface area contributed by atoms with Crippen molar-refractivity contribution >= 4 is 11.9 Å². The van der Waals surface area contributed by atoms with Gasteiger partial charge in [0.25, 0.3) is 0 Å². The standard InChI is InChI=1S/C11H18O5/c1-4-11(3,5-6-12)16-10(15)8(2)7-9(13)14/h12H,2,4-7H2,1,3H3,(H,13,14). The predicted molar refractivity (Wildman–Crippen MR) is 57.9 cm³/mol. The molecule has 2 N–H and O–H groups in total. The SMILES string of the molecule is C=C(CC(=O)O)C(=O)OC(C)(CC)CCO. The van der Waals surface area contributed by atoms with E-state index in [1.165, 1.54) is 0 Å². The van der Waals surface area contributed by atoms with Gasteiger partial charge in [0.2, 0.25) is 0 Å². The topological polar surface area (TPSA) is 83.8 Å². The van der Waals surface area contributed by atoms with Crippen LogP contribution in [0.15, 0.2) is 12.2 Å². The summed E-state index contributed by atoms with van der Waals surface area (Å²) in [5, 5.41) is 17.3. The van der Waals surface area contributed by atoms with Crippen LogP contribution in [0.1, 0.15) is 33.1 Å². The number of carboxylic acid groups (broad SMARTS) is 1. The summed E-state index contributed by atoms with van der Waals surface area (Å²) in [7, 11) is 0. The van der Waals surface area contributed by atoms with Crippen LogP contribution in [0, 0.1) is 0 Å². The molecule has 0 saturated heterocycles. The number of carbonyl (C=O) groups is 2. The highest BCUT2D eigenvalue weighted by Crippen LogP contribution is 2.21. The first-order valence-corrected chi connectivity index (χ1v) is 5.08. The van der Waals surface area contributed by atoms with E-state index in [0.717, 1.165) is 0 Å². The number of esters is 1. The van der Waals surface area contributed by atoms with Crippen LogP contribution < -0.4 is 0 Å². The molecule has 92 valence electrons. The Labute approximate surface area is 94.7 Å². The van der Waals surface area contributed by atoms with E-state index in [-0.39, 0.29) is 12.2 Å². The Hall–Kier alpha value is -1.36. The highest BCUT2D eigenvalue weighted by Gasteiger charge is 2.27. The van der Waals surface area contributed by atoms with Crippen molar-refractivity contribution in [2.24, 2.45) is 0 Å². The van der Waals surface area contributed by atoms with Gasteiger partial charge in [0.1, 0.15) is 5.60 Å². The molecule has 16 heavy (non-hydrogen) atoms. The molecule has 0 aromatic carbocycles. The van der Waals surface area contributed by atoms with Gasteiger partial charge < -0.3 is 14.9 Å². The Morgan fingerprint density at radius 2 is 2.00 bits per heavy atom. The zero-order valence-corrected chi connectivity index (χ0v) is 9.65. The summed E-state index contributed by atoms with van der Waals surface area (Å²) in [6, 6.07) is 0. The van der Waals surface area contributed by atoms with Crippen LogP contribution in [-0.2, 0) is 14.3 Å². The van der Waals surface area contributed by atoms with E-state index in [0.29, 0.717) is 12.8 Å². The number of ether oxygens (including phenoxy) is 1. The molecule has 1 unspecified atom stereocenters. The Bertz CT molecular complexity index is 284. The molecular weight excluding hydrogens is 212 g/mol. The molecule has 0 aliphatic heterocycles. The predicted octanol–water partition coefficient (Wildman–Crippen LogP) is 1.11. The van der Waals surface area contributed by atoms with Crippen molar-refractivity contribution < 1.29 is 24.5 Å². The highest BCUT2D eigenvalue weighted by molar-refractivity contribution is 5.93. The lowest BCUT2D eigenvalue weighted by Crippen LogP contribution is -2.32. The monoisotopic (exact) mass is 230 g/mol. The van der Waals surface area contributed by atoms with E-state index in [1.807, 2.05) is 6.92 Å². The molecule has 0 spiro atoms. The van der Waals surface area contributed by atoms with Gasteiger partial charge in [-0.25, -0.2) is 4.79 Å². The van der Waals surface area contributed by atoms with Gasteiger partial charge in [-0.15, -0.1) is 0 Å². The number of aliphatic hydroxyl groups excluding tert-OH is 1. The fraction of sp³-hybridized carbons (Fsp3) is 0.636. The van der Waals surface area contributed by atoms with E-state index < -0.39 is 24.0 Å². The largest absolute Gasteiger partial charge is 0.481 e. The maximum Gasteiger partial charge on any atom is 0.334 e. The molecule has 0 amide bonds. The van der Waals surface area contributed by atoms with E-state index >= 15 is 0 Å². The lowest BCUT2D eigenvalue weighted by Gasteiger charge is -2.27. The number of aliphatic hydroxyl groups is 1. The van der Waals surface area contributed by atoms with Crippen molar-refractivity contribution in [2.75, 3.05) is 6.61 Å². The number of rotatable bonds is 7. The number of hydrogen-bond acceptors (Lipinski definition) is 4. The van der Waals surface area contributed by atoms with Gasteiger partial charge in [0.05, 0.1) is 6.42 Å². The van der Waals surface area contributed by atoms with E-state index in [9.17, 15) is 9.59 Å². The Balaban J connectivity index is 4.41.